The Morgan fingerprint density at radius 2 is 1.86 bits per heavy atom. The molecule has 1 saturated carbocycles. The van der Waals surface area contributed by atoms with E-state index in [1.54, 1.807) is 0 Å². The van der Waals surface area contributed by atoms with E-state index < -0.39 is 11.4 Å². The van der Waals surface area contributed by atoms with E-state index in [2.05, 4.69) is 49.9 Å². The molecular formula is C19H27NO2. The Morgan fingerprint density at radius 3 is 2.41 bits per heavy atom. The molecule has 0 bridgehead atoms. The fraction of sp³-hybridized carbons (Fsp3) is 0.632. The summed E-state index contributed by atoms with van der Waals surface area (Å²) in [5, 5.41) is 9.72. The number of nitrogens with zero attached hydrogens (tertiary/aromatic N) is 1. The molecule has 0 amide bonds. The van der Waals surface area contributed by atoms with Crippen LogP contribution in [-0.4, -0.2) is 29.1 Å². The van der Waals surface area contributed by atoms with Crippen LogP contribution in [0, 0.1) is 11.3 Å². The first-order valence-corrected chi connectivity index (χ1v) is 8.51. The SMILES string of the molecule is CC(C)c1ccc(C(C)N2C[C@@H]3CCC[C@@]3(C(=O)O)C2)cc1. The topological polar surface area (TPSA) is 40.5 Å². The number of carboxylic acids is 1. The van der Waals surface area contributed by atoms with Gasteiger partial charge in [-0.1, -0.05) is 44.5 Å². The molecular weight excluding hydrogens is 274 g/mol. The predicted molar refractivity (Wildman–Crippen MR) is 87.9 cm³/mol. The molecule has 1 aliphatic carbocycles. The zero-order chi connectivity index (χ0) is 15.9. The van der Waals surface area contributed by atoms with Crippen molar-refractivity contribution >= 4 is 5.97 Å². The van der Waals surface area contributed by atoms with Gasteiger partial charge in [-0.05, 0) is 42.7 Å². The maximum Gasteiger partial charge on any atom is 0.311 e. The van der Waals surface area contributed by atoms with Gasteiger partial charge in [0.1, 0.15) is 0 Å². The molecule has 2 fully saturated rings. The summed E-state index contributed by atoms with van der Waals surface area (Å²) < 4.78 is 0. The third-order valence-electron chi connectivity index (χ3n) is 5.96. The van der Waals surface area contributed by atoms with Crippen molar-refractivity contribution < 1.29 is 9.90 Å². The molecule has 1 unspecified atom stereocenters. The van der Waals surface area contributed by atoms with Crippen LogP contribution < -0.4 is 0 Å². The second-order valence-corrected chi connectivity index (χ2v) is 7.48. The average Bonchev–Trinajstić information content (AvgIpc) is 3.04. The molecule has 120 valence electrons. The van der Waals surface area contributed by atoms with Crippen molar-refractivity contribution in [2.45, 2.75) is 52.0 Å². The summed E-state index contributed by atoms with van der Waals surface area (Å²) in [5.41, 5.74) is 2.17. The quantitative estimate of drug-likeness (QED) is 0.911. The van der Waals surface area contributed by atoms with Crippen molar-refractivity contribution in [2.75, 3.05) is 13.1 Å². The molecule has 1 heterocycles. The van der Waals surface area contributed by atoms with Gasteiger partial charge < -0.3 is 5.11 Å². The van der Waals surface area contributed by atoms with Gasteiger partial charge >= 0.3 is 5.97 Å². The number of aliphatic carboxylic acids is 1. The molecule has 22 heavy (non-hydrogen) atoms. The highest BCUT2D eigenvalue weighted by atomic mass is 16.4. The van der Waals surface area contributed by atoms with E-state index in [4.69, 9.17) is 0 Å². The van der Waals surface area contributed by atoms with E-state index >= 15 is 0 Å². The predicted octanol–water partition coefficient (Wildman–Crippen LogP) is 4.06. The average molecular weight is 301 g/mol. The minimum atomic E-state index is -0.583. The van der Waals surface area contributed by atoms with Crippen molar-refractivity contribution in [1.82, 2.24) is 4.90 Å². The highest BCUT2D eigenvalue weighted by Gasteiger charge is 2.55. The van der Waals surface area contributed by atoms with Gasteiger partial charge in [-0.3, -0.25) is 9.69 Å². The maximum absolute atomic E-state index is 11.8. The van der Waals surface area contributed by atoms with Crippen molar-refractivity contribution in [1.29, 1.82) is 0 Å². The minimum Gasteiger partial charge on any atom is -0.481 e. The zero-order valence-electron chi connectivity index (χ0n) is 13.9. The number of rotatable bonds is 4. The number of likely N-dealkylation sites (tertiary alicyclic amines) is 1. The van der Waals surface area contributed by atoms with Crippen LogP contribution in [0.3, 0.4) is 0 Å². The second kappa shape index (κ2) is 5.69. The molecule has 0 spiro atoms. The van der Waals surface area contributed by atoms with Crippen molar-refractivity contribution in [2.24, 2.45) is 11.3 Å². The van der Waals surface area contributed by atoms with Gasteiger partial charge in [-0.15, -0.1) is 0 Å². The Bertz CT molecular complexity index is 551. The molecule has 0 aromatic heterocycles. The van der Waals surface area contributed by atoms with E-state index in [0.29, 0.717) is 24.4 Å². The summed E-state index contributed by atoms with van der Waals surface area (Å²) in [6.45, 7) is 8.26. The van der Waals surface area contributed by atoms with Gasteiger partial charge in [0.05, 0.1) is 5.41 Å². The lowest BCUT2D eigenvalue weighted by Crippen LogP contribution is -2.36. The first-order valence-electron chi connectivity index (χ1n) is 8.51. The van der Waals surface area contributed by atoms with E-state index in [1.165, 1.54) is 11.1 Å². The van der Waals surface area contributed by atoms with Crippen LogP contribution in [0.5, 0.6) is 0 Å². The fourth-order valence-corrected chi connectivity index (χ4v) is 4.34. The number of fused-ring (bicyclic) bond motifs is 1. The van der Waals surface area contributed by atoms with E-state index in [1.807, 2.05) is 0 Å². The molecule has 3 atom stereocenters. The third-order valence-corrected chi connectivity index (χ3v) is 5.96. The number of benzene rings is 1. The van der Waals surface area contributed by atoms with E-state index in [9.17, 15) is 9.90 Å². The standard InChI is InChI=1S/C19H27NO2/c1-13(2)15-6-8-16(9-7-15)14(3)20-11-17-5-4-10-19(17,12-20)18(21)22/h6-9,13-14,17H,4-5,10-12H2,1-3H3,(H,21,22)/t14?,17-,19+/m0/s1. The lowest BCUT2D eigenvalue weighted by Gasteiger charge is -2.27. The van der Waals surface area contributed by atoms with Crippen LogP contribution in [-0.2, 0) is 4.79 Å². The van der Waals surface area contributed by atoms with E-state index in [0.717, 1.165) is 25.8 Å². The minimum absolute atomic E-state index is 0.294. The lowest BCUT2D eigenvalue weighted by molar-refractivity contribution is -0.149. The molecule has 1 N–H and O–H groups in total. The highest BCUT2D eigenvalue weighted by Crippen LogP contribution is 2.50. The maximum atomic E-state index is 11.8. The number of carboxylic acid groups (broad SMARTS) is 1. The van der Waals surface area contributed by atoms with Gasteiger partial charge in [-0.2, -0.15) is 0 Å². The Labute approximate surface area is 133 Å². The van der Waals surface area contributed by atoms with Crippen LogP contribution in [0.15, 0.2) is 24.3 Å². The molecule has 1 aliphatic heterocycles. The Hall–Kier alpha value is -1.35. The zero-order valence-corrected chi connectivity index (χ0v) is 13.9. The third kappa shape index (κ3) is 2.45. The molecule has 2 aliphatic rings. The number of hydrogen-bond acceptors (Lipinski definition) is 2. The molecule has 1 aromatic carbocycles. The van der Waals surface area contributed by atoms with E-state index in [-0.39, 0.29) is 0 Å². The molecule has 0 radical (unpaired) electrons. The number of hydrogen-bond donors (Lipinski definition) is 1. The van der Waals surface area contributed by atoms with Gasteiger partial charge in [0.15, 0.2) is 0 Å². The smallest absolute Gasteiger partial charge is 0.311 e. The van der Waals surface area contributed by atoms with Crippen LogP contribution in [0.4, 0.5) is 0 Å². The van der Waals surface area contributed by atoms with Crippen molar-refractivity contribution in [3.05, 3.63) is 35.4 Å². The summed E-state index contributed by atoms with van der Waals surface area (Å²) in [7, 11) is 0. The fourth-order valence-electron chi connectivity index (χ4n) is 4.34. The molecule has 3 rings (SSSR count). The molecule has 1 aromatic rings. The second-order valence-electron chi connectivity index (χ2n) is 7.48. The first-order chi connectivity index (χ1) is 10.4. The summed E-state index contributed by atoms with van der Waals surface area (Å²) in [4.78, 5) is 14.2. The van der Waals surface area contributed by atoms with Crippen LogP contribution in [0.1, 0.15) is 63.1 Å². The number of carbonyl (C=O) groups is 1. The molecule has 1 saturated heterocycles. The monoisotopic (exact) mass is 301 g/mol. The Balaban J connectivity index is 1.76. The van der Waals surface area contributed by atoms with Crippen LogP contribution >= 0.6 is 0 Å². The van der Waals surface area contributed by atoms with Crippen LogP contribution in [0.2, 0.25) is 0 Å². The van der Waals surface area contributed by atoms with Gasteiger partial charge in [0, 0.05) is 19.1 Å². The van der Waals surface area contributed by atoms with Crippen molar-refractivity contribution in [3.63, 3.8) is 0 Å². The highest BCUT2D eigenvalue weighted by molar-refractivity contribution is 5.76. The molecule has 3 nitrogen and oxygen atoms in total. The summed E-state index contributed by atoms with van der Waals surface area (Å²) >= 11 is 0. The largest absolute Gasteiger partial charge is 0.481 e. The Kier molecular flexibility index (Phi) is 4.02. The first kappa shape index (κ1) is 15.5. The summed E-state index contributed by atoms with van der Waals surface area (Å²) in [5.74, 6) is 0.299. The normalized spacial score (nSPS) is 29.7. The van der Waals surface area contributed by atoms with Gasteiger partial charge in [0.25, 0.3) is 0 Å². The summed E-state index contributed by atoms with van der Waals surface area (Å²) in [6.07, 6.45) is 2.99. The summed E-state index contributed by atoms with van der Waals surface area (Å²) in [6, 6.07) is 9.13. The van der Waals surface area contributed by atoms with Crippen LogP contribution in [0.25, 0.3) is 0 Å². The molecule has 3 heteroatoms. The van der Waals surface area contributed by atoms with Gasteiger partial charge in [0.2, 0.25) is 0 Å². The van der Waals surface area contributed by atoms with Crippen molar-refractivity contribution in [3.8, 4) is 0 Å². The van der Waals surface area contributed by atoms with Gasteiger partial charge in [-0.25, -0.2) is 0 Å². The lowest BCUT2D eigenvalue weighted by atomic mass is 9.81. The Morgan fingerprint density at radius 1 is 1.23 bits per heavy atom.